The molecule has 0 unspecified atom stereocenters. The number of anilines is 1. The maximum atomic E-state index is 12.1. The maximum absolute atomic E-state index is 12.1. The third kappa shape index (κ3) is 6.03. The Labute approximate surface area is 164 Å². The van der Waals surface area contributed by atoms with Gasteiger partial charge in [-0.2, -0.15) is 0 Å². The fourth-order valence-electron chi connectivity index (χ4n) is 2.70. The Bertz CT molecular complexity index is 837. The van der Waals surface area contributed by atoms with Crippen molar-refractivity contribution in [3.8, 4) is 0 Å². The van der Waals surface area contributed by atoms with Crippen molar-refractivity contribution in [3.63, 3.8) is 0 Å². The van der Waals surface area contributed by atoms with Crippen LogP contribution in [0.2, 0.25) is 0 Å². The minimum Gasteiger partial charge on any atom is -0.454 e. The van der Waals surface area contributed by atoms with Crippen molar-refractivity contribution < 1.29 is 27.5 Å². The molecule has 1 aliphatic rings. The molecule has 154 valence electrons. The SMILES string of the molecule is CN(C)S(=O)(=O)c1cccc(NC(=O)COC(=O)CN2CCCCCC2=O)c1. The van der Waals surface area contributed by atoms with Gasteiger partial charge in [-0.25, -0.2) is 12.7 Å². The van der Waals surface area contributed by atoms with Crippen LogP contribution in [0.5, 0.6) is 0 Å². The average molecular weight is 411 g/mol. The first kappa shape index (κ1) is 21.8. The van der Waals surface area contributed by atoms with Crippen molar-refractivity contribution in [3.05, 3.63) is 24.3 Å². The monoisotopic (exact) mass is 411 g/mol. The van der Waals surface area contributed by atoms with Gasteiger partial charge in [-0.3, -0.25) is 14.4 Å². The number of hydrogen-bond acceptors (Lipinski definition) is 6. The molecule has 9 nitrogen and oxygen atoms in total. The molecule has 0 aliphatic carbocycles. The molecular formula is C18H25N3O6S. The Morgan fingerprint density at radius 1 is 1.21 bits per heavy atom. The first-order valence-corrected chi connectivity index (χ1v) is 10.4. The molecule has 1 aromatic carbocycles. The molecule has 2 rings (SSSR count). The van der Waals surface area contributed by atoms with Gasteiger partial charge in [0.05, 0.1) is 4.90 Å². The smallest absolute Gasteiger partial charge is 0.326 e. The second kappa shape index (κ2) is 9.65. The fraction of sp³-hybridized carbons (Fsp3) is 0.500. The lowest BCUT2D eigenvalue weighted by atomic mass is 10.2. The molecule has 28 heavy (non-hydrogen) atoms. The van der Waals surface area contributed by atoms with E-state index in [9.17, 15) is 22.8 Å². The van der Waals surface area contributed by atoms with E-state index in [1.54, 1.807) is 0 Å². The number of hydrogen-bond donors (Lipinski definition) is 1. The van der Waals surface area contributed by atoms with Gasteiger partial charge in [-0.1, -0.05) is 12.5 Å². The number of rotatable bonds is 7. The summed E-state index contributed by atoms with van der Waals surface area (Å²) in [5.74, 6) is -1.35. The Hall–Kier alpha value is -2.46. The van der Waals surface area contributed by atoms with E-state index in [-0.39, 0.29) is 23.0 Å². The van der Waals surface area contributed by atoms with E-state index in [2.05, 4.69) is 5.32 Å². The van der Waals surface area contributed by atoms with Crippen LogP contribution in [-0.4, -0.2) is 69.2 Å². The number of carbonyl (C=O) groups is 3. The molecule has 1 fully saturated rings. The van der Waals surface area contributed by atoms with Gasteiger partial charge < -0.3 is 15.0 Å². The summed E-state index contributed by atoms with van der Waals surface area (Å²) in [5, 5.41) is 2.49. The quantitative estimate of drug-likeness (QED) is 0.665. The molecule has 0 atom stereocenters. The van der Waals surface area contributed by atoms with Gasteiger partial charge in [-0.05, 0) is 31.0 Å². The summed E-state index contributed by atoms with van der Waals surface area (Å²) in [7, 11) is -0.803. The van der Waals surface area contributed by atoms with E-state index < -0.39 is 28.5 Å². The molecule has 1 aliphatic heterocycles. The molecule has 1 heterocycles. The van der Waals surface area contributed by atoms with E-state index in [0.717, 1.165) is 23.6 Å². The number of ether oxygens (including phenoxy) is 1. The standard InChI is InChI=1S/C18H25N3O6S/c1-20(2)28(25,26)15-8-6-7-14(11-15)19-16(22)13-27-18(24)12-21-10-5-3-4-9-17(21)23/h6-8,11H,3-5,9-10,12-13H2,1-2H3,(H,19,22). The first-order valence-electron chi connectivity index (χ1n) is 8.96. The highest BCUT2D eigenvalue weighted by atomic mass is 32.2. The van der Waals surface area contributed by atoms with Crippen molar-refractivity contribution in [1.82, 2.24) is 9.21 Å². The Morgan fingerprint density at radius 2 is 1.96 bits per heavy atom. The number of esters is 1. The Kier molecular flexibility index (Phi) is 7.53. The van der Waals surface area contributed by atoms with Crippen LogP contribution < -0.4 is 5.32 Å². The van der Waals surface area contributed by atoms with Gasteiger partial charge in [0, 0.05) is 32.7 Å². The number of benzene rings is 1. The Balaban J connectivity index is 1.87. The van der Waals surface area contributed by atoms with E-state index in [1.165, 1.54) is 43.3 Å². The van der Waals surface area contributed by atoms with Gasteiger partial charge in [0.1, 0.15) is 6.54 Å². The number of nitrogens with zero attached hydrogens (tertiary/aromatic N) is 2. The van der Waals surface area contributed by atoms with E-state index in [0.29, 0.717) is 13.0 Å². The first-order chi connectivity index (χ1) is 13.2. The molecule has 1 saturated heterocycles. The molecule has 2 amide bonds. The van der Waals surface area contributed by atoms with Crippen molar-refractivity contribution in [2.45, 2.75) is 30.6 Å². The predicted molar refractivity (Wildman–Crippen MR) is 102 cm³/mol. The summed E-state index contributed by atoms with van der Waals surface area (Å²) in [6.45, 7) is -0.193. The largest absolute Gasteiger partial charge is 0.454 e. The topological polar surface area (TPSA) is 113 Å². The molecule has 1 aromatic rings. The van der Waals surface area contributed by atoms with Crippen molar-refractivity contribution in [2.24, 2.45) is 0 Å². The predicted octanol–water partition coefficient (Wildman–Crippen LogP) is 0.821. The second-order valence-electron chi connectivity index (χ2n) is 6.65. The highest BCUT2D eigenvalue weighted by Crippen LogP contribution is 2.18. The lowest BCUT2D eigenvalue weighted by molar-refractivity contribution is -0.151. The molecule has 0 spiro atoms. The molecule has 0 bridgehead atoms. The zero-order valence-electron chi connectivity index (χ0n) is 16.0. The minimum absolute atomic E-state index is 0.0342. The summed E-state index contributed by atoms with van der Waals surface area (Å²) in [4.78, 5) is 37.3. The van der Waals surface area contributed by atoms with Gasteiger partial charge >= 0.3 is 5.97 Å². The van der Waals surface area contributed by atoms with Crippen molar-refractivity contribution in [1.29, 1.82) is 0 Å². The number of likely N-dealkylation sites (tertiary alicyclic amines) is 1. The average Bonchev–Trinajstić information content (AvgIpc) is 2.84. The maximum Gasteiger partial charge on any atom is 0.326 e. The second-order valence-corrected chi connectivity index (χ2v) is 8.80. The lowest BCUT2D eigenvalue weighted by Gasteiger charge is -2.19. The summed E-state index contributed by atoms with van der Waals surface area (Å²) in [6, 6.07) is 5.78. The third-order valence-corrected chi connectivity index (χ3v) is 6.06. The number of nitrogens with one attached hydrogen (secondary N) is 1. The number of sulfonamides is 1. The summed E-state index contributed by atoms with van der Waals surface area (Å²) in [6.07, 6.45) is 3.02. The zero-order chi connectivity index (χ0) is 20.7. The fourth-order valence-corrected chi connectivity index (χ4v) is 3.64. The van der Waals surface area contributed by atoms with Gasteiger partial charge in [0.15, 0.2) is 6.61 Å². The van der Waals surface area contributed by atoms with E-state index >= 15 is 0 Å². The molecule has 0 radical (unpaired) electrons. The molecule has 1 N–H and O–H groups in total. The van der Waals surface area contributed by atoms with Crippen molar-refractivity contribution in [2.75, 3.05) is 39.1 Å². The number of carbonyl (C=O) groups excluding carboxylic acids is 3. The van der Waals surface area contributed by atoms with E-state index in [1.807, 2.05) is 0 Å². The van der Waals surface area contributed by atoms with Crippen LogP contribution in [-0.2, 0) is 29.1 Å². The highest BCUT2D eigenvalue weighted by Gasteiger charge is 2.21. The van der Waals surface area contributed by atoms with Crippen LogP contribution in [0.4, 0.5) is 5.69 Å². The van der Waals surface area contributed by atoms with Crippen LogP contribution in [0.15, 0.2) is 29.2 Å². The van der Waals surface area contributed by atoms with Crippen LogP contribution in [0.3, 0.4) is 0 Å². The van der Waals surface area contributed by atoms with Gasteiger partial charge in [0.2, 0.25) is 15.9 Å². The lowest BCUT2D eigenvalue weighted by Crippen LogP contribution is -2.36. The highest BCUT2D eigenvalue weighted by molar-refractivity contribution is 7.89. The van der Waals surface area contributed by atoms with Crippen LogP contribution in [0, 0.1) is 0 Å². The summed E-state index contributed by atoms with van der Waals surface area (Å²) >= 11 is 0. The Morgan fingerprint density at radius 3 is 2.68 bits per heavy atom. The van der Waals surface area contributed by atoms with Crippen LogP contribution in [0.25, 0.3) is 0 Å². The van der Waals surface area contributed by atoms with Crippen molar-refractivity contribution >= 4 is 33.5 Å². The third-order valence-electron chi connectivity index (χ3n) is 4.25. The minimum atomic E-state index is -3.63. The molecular weight excluding hydrogens is 386 g/mol. The molecule has 10 heteroatoms. The molecule has 0 saturated carbocycles. The number of amides is 2. The normalized spacial score (nSPS) is 15.2. The summed E-state index contributed by atoms with van der Waals surface area (Å²) < 4.78 is 30.3. The van der Waals surface area contributed by atoms with E-state index in [4.69, 9.17) is 4.74 Å². The van der Waals surface area contributed by atoms with Crippen LogP contribution >= 0.6 is 0 Å². The summed E-state index contributed by atoms with van der Waals surface area (Å²) in [5.41, 5.74) is 0.270. The van der Waals surface area contributed by atoms with Gasteiger partial charge in [0.25, 0.3) is 5.91 Å². The zero-order valence-corrected chi connectivity index (χ0v) is 16.8. The van der Waals surface area contributed by atoms with Gasteiger partial charge in [-0.15, -0.1) is 0 Å². The van der Waals surface area contributed by atoms with Crippen LogP contribution in [0.1, 0.15) is 25.7 Å². The molecule has 0 aromatic heterocycles.